The van der Waals surface area contributed by atoms with Crippen LogP contribution in [0, 0.1) is 6.92 Å². The zero-order chi connectivity index (χ0) is 13.2. The van der Waals surface area contributed by atoms with Crippen LogP contribution in [0.2, 0.25) is 0 Å². The third-order valence-electron chi connectivity index (χ3n) is 3.61. The monoisotopic (exact) mass is 255 g/mol. The molecule has 0 spiro atoms. The van der Waals surface area contributed by atoms with E-state index < -0.39 is 0 Å². The first-order valence-corrected chi connectivity index (χ1v) is 7.08. The first-order chi connectivity index (χ1) is 9.22. The topological polar surface area (TPSA) is 29.9 Å². The van der Waals surface area contributed by atoms with Gasteiger partial charge in [-0.3, -0.25) is 0 Å². The molecular formula is C16H21N3. The Morgan fingerprint density at radius 3 is 2.74 bits per heavy atom. The molecule has 3 rings (SSSR count). The Morgan fingerprint density at radius 2 is 2.05 bits per heavy atom. The van der Waals surface area contributed by atoms with Gasteiger partial charge in [0, 0.05) is 18.3 Å². The molecule has 1 atom stereocenters. The van der Waals surface area contributed by atoms with E-state index in [1.165, 1.54) is 18.4 Å². The van der Waals surface area contributed by atoms with Gasteiger partial charge in [0.1, 0.15) is 0 Å². The Bertz CT molecular complexity index is 540. The number of rotatable bonds is 5. The second kappa shape index (κ2) is 5.08. The van der Waals surface area contributed by atoms with Crippen molar-refractivity contribution in [2.75, 3.05) is 5.32 Å². The Labute approximate surface area is 114 Å². The molecule has 0 aliphatic heterocycles. The Hall–Kier alpha value is -1.77. The van der Waals surface area contributed by atoms with Gasteiger partial charge in [-0.1, -0.05) is 30.3 Å². The Morgan fingerprint density at radius 1 is 1.32 bits per heavy atom. The van der Waals surface area contributed by atoms with Crippen molar-refractivity contribution in [1.82, 2.24) is 9.55 Å². The number of anilines is 1. The van der Waals surface area contributed by atoms with E-state index in [1.807, 2.05) is 0 Å². The highest BCUT2D eigenvalue weighted by molar-refractivity contribution is 5.33. The van der Waals surface area contributed by atoms with Crippen LogP contribution in [0.3, 0.4) is 0 Å². The van der Waals surface area contributed by atoms with E-state index in [2.05, 4.69) is 65.2 Å². The van der Waals surface area contributed by atoms with Crippen LogP contribution in [0.25, 0.3) is 0 Å². The van der Waals surface area contributed by atoms with Gasteiger partial charge in [-0.15, -0.1) is 0 Å². The molecule has 1 aliphatic carbocycles. The fourth-order valence-electron chi connectivity index (χ4n) is 2.42. The SMILES string of the molecule is Cc1cn(C(C)Cc2ccccc2)c(NC2CC2)n1. The second-order valence-corrected chi connectivity index (χ2v) is 5.57. The molecule has 1 heterocycles. The second-order valence-electron chi connectivity index (χ2n) is 5.57. The summed E-state index contributed by atoms with van der Waals surface area (Å²) in [5.41, 5.74) is 2.46. The number of benzene rings is 1. The van der Waals surface area contributed by atoms with Gasteiger partial charge in [-0.2, -0.15) is 0 Å². The van der Waals surface area contributed by atoms with Gasteiger partial charge in [0.05, 0.1) is 5.69 Å². The van der Waals surface area contributed by atoms with Gasteiger partial charge in [0.25, 0.3) is 0 Å². The van der Waals surface area contributed by atoms with Crippen LogP contribution in [0.1, 0.15) is 37.1 Å². The molecule has 1 aromatic heterocycles. The van der Waals surface area contributed by atoms with Crippen LogP contribution < -0.4 is 5.32 Å². The lowest BCUT2D eigenvalue weighted by Crippen LogP contribution is -2.13. The summed E-state index contributed by atoms with van der Waals surface area (Å²) in [6.45, 7) is 4.32. The van der Waals surface area contributed by atoms with E-state index in [0.717, 1.165) is 18.1 Å². The molecule has 1 saturated carbocycles. The molecule has 0 saturated heterocycles. The zero-order valence-electron chi connectivity index (χ0n) is 11.6. The summed E-state index contributed by atoms with van der Waals surface area (Å²) in [5, 5.41) is 3.52. The van der Waals surface area contributed by atoms with E-state index >= 15 is 0 Å². The smallest absolute Gasteiger partial charge is 0.203 e. The number of imidazole rings is 1. The van der Waals surface area contributed by atoms with Crippen molar-refractivity contribution in [2.45, 2.75) is 45.2 Å². The summed E-state index contributed by atoms with van der Waals surface area (Å²) in [6, 6.07) is 11.7. The number of hydrogen-bond acceptors (Lipinski definition) is 2. The van der Waals surface area contributed by atoms with Gasteiger partial charge in [0.2, 0.25) is 5.95 Å². The Balaban J connectivity index is 1.76. The standard InChI is InChI=1S/C16H21N3/c1-12-11-19(16(17-12)18-15-8-9-15)13(2)10-14-6-4-3-5-7-14/h3-7,11,13,15H,8-10H2,1-2H3,(H,17,18). The maximum atomic E-state index is 4.61. The molecule has 19 heavy (non-hydrogen) atoms. The highest BCUT2D eigenvalue weighted by Gasteiger charge is 2.24. The highest BCUT2D eigenvalue weighted by atomic mass is 15.2. The molecule has 100 valence electrons. The van der Waals surface area contributed by atoms with Gasteiger partial charge < -0.3 is 9.88 Å². The molecule has 0 amide bonds. The quantitative estimate of drug-likeness (QED) is 0.885. The average Bonchev–Trinajstić information content (AvgIpc) is 3.13. The predicted octanol–water partition coefficient (Wildman–Crippen LogP) is 3.57. The minimum absolute atomic E-state index is 0.421. The third kappa shape index (κ3) is 2.98. The van der Waals surface area contributed by atoms with Gasteiger partial charge in [-0.05, 0) is 38.7 Å². The molecule has 1 fully saturated rings. The maximum Gasteiger partial charge on any atom is 0.203 e. The minimum atomic E-state index is 0.421. The fraction of sp³-hybridized carbons (Fsp3) is 0.438. The molecule has 3 nitrogen and oxygen atoms in total. The van der Waals surface area contributed by atoms with E-state index in [1.54, 1.807) is 0 Å². The van der Waals surface area contributed by atoms with Gasteiger partial charge in [0.15, 0.2) is 0 Å². The van der Waals surface area contributed by atoms with Crippen molar-refractivity contribution in [3.05, 3.63) is 47.8 Å². The summed E-state index contributed by atoms with van der Waals surface area (Å²) < 4.78 is 2.28. The summed E-state index contributed by atoms with van der Waals surface area (Å²) in [6.07, 6.45) is 5.74. The largest absolute Gasteiger partial charge is 0.353 e. The molecule has 0 bridgehead atoms. The number of aromatic nitrogens is 2. The van der Waals surface area contributed by atoms with Gasteiger partial charge in [-0.25, -0.2) is 4.98 Å². The number of nitrogens with one attached hydrogen (secondary N) is 1. The maximum absolute atomic E-state index is 4.61. The lowest BCUT2D eigenvalue weighted by atomic mass is 10.1. The first-order valence-electron chi connectivity index (χ1n) is 7.08. The molecule has 1 aliphatic rings. The fourth-order valence-corrected chi connectivity index (χ4v) is 2.42. The van der Waals surface area contributed by atoms with Crippen LogP contribution in [0.4, 0.5) is 5.95 Å². The van der Waals surface area contributed by atoms with Gasteiger partial charge >= 0.3 is 0 Å². The lowest BCUT2D eigenvalue weighted by molar-refractivity contribution is 0.548. The molecule has 1 unspecified atom stereocenters. The molecule has 3 heteroatoms. The van der Waals surface area contributed by atoms with Crippen molar-refractivity contribution in [2.24, 2.45) is 0 Å². The normalized spacial score (nSPS) is 16.3. The first kappa shape index (κ1) is 12.3. The van der Waals surface area contributed by atoms with Crippen LogP contribution in [-0.2, 0) is 6.42 Å². The molecule has 1 aromatic carbocycles. The van der Waals surface area contributed by atoms with Crippen molar-refractivity contribution in [3.63, 3.8) is 0 Å². The van der Waals surface area contributed by atoms with Crippen LogP contribution in [0.5, 0.6) is 0 Å². The van der Waals surface area contributed by atoms with E-state index in [9.17, 15) is 0 Å². The van der Waals surface area contributed by atoms with E-state index in [0.29, 0.717) is 12.1 Å². The van der Waals surface area contributed by atoms with Crippen LogP contribution in [0.15, 0.2) is 36.5 Å². The van der Waals surface area contributed by atoms with Crippen molar-refractivity contribution < 1.29 is 0 Å². The van der Waals surface area contributed by atoms with Crippen LogP contribution in [-0.4, -0.2) is 15.6 Å². The van der Waals surface area contributed by atoms with Crippen LogP contribution >= 0.6 is 0 Å². The molecule has 2 aromatic rings. The molecule has 1 N–H and O–H groups in total. The lowest BCUT2D eigenvalue weighted by Gasteiger charge is -2.17. The predicted molar refractivity (Wildman–Crippen MR) is 78.5 cm³/mol. The summed E-state index contributed by atoms with van der Waals surface area (Å²) in [4.78, 5) is 4.61. The molecule has 0 radical (unpaired) electrons. The van der Waals surface area contributed by atoms with Crippen molar-refractivity contribution in [1.29, 1.82) is 0 Å². The average molecular weight is 255 g/mol. The third-order valence-corrected chi connectivity index (χ3v) is 3.61. The van der Waals surface area contributed by atoms with E-state index in [4.69, 9.17) is 0 Å². The summed E-state index contributed by atoms with van der Waals surface area (Å²) in [5.74, 6) is 1.03. The molecular weight excluding hydrogens is 234 g/mol. The number of nitrogens with zero attached hydrogens (tertiary/aromatic N) is 2. The van der Waals surface area contributed by atoms with Crippen molar-refractivity contribution in [3.8, 4) is 0 Å². The minimum Gasteiger partial charge on any atom is -0.353 e. The summed E-state index contributed by atoms with van der Waals surface area (Å²) >= 11 is 0. The van der Waals surface area contributed by atoms with Crippen molar-refractivity contribution >= 4 is 5.95 Å². The highest BCUT2D eigenvalue weighted by Crippen LogP contribution is 2.26. The summed E-state index contributed by atoms with van der Waals surface area (Å²) in [7, 11) is 0. The van der Waals surface area contributed by atoms with E-state index in [-0.39, 0.29) is 0 Å². The zero-order valence-corrected chi connectivity index (χ0v) is 11.6. The number of hydrogen-bond donors (Lipinski definition) is 1. The Kier molecular flexibility index (Phi) is 3.28. The number of aryl methyl sites for hydroxylation is 1.